The molecule has 1 unspecified atom stereocenters. The lowest BCUT2D eigenvalue weighted by atomic mass is 9.94. The summed E-state index contributed by atoms with van der Waals surface area (Å²) in [5.74, 6) is 0. The molecule has 0 amide bonds. The zero-order chi connectivity index (χ0) is 13.2. The second kappa shape index (κ2) is 5.16. The smallest absolute Gasteiger partial charge is 0.0591 e. The van der Waals surface area contributed by atoms with Gasteiger partial charge in [-0.2, -0.15) is 0 Å². The summed E-state index contributed by atoms with van der Waals surface area (Å²) in [5.41, 5.74) is 2.73. The molecule has 3 rings (SSSR count). The zero-order valence-corrected chi connectivity index (χ0v) is 12.0. The Morgan fingerprint density at radius 3 is 2.47 bits per heavy atom. The third-order valence-electron chi connectivity index (χ3n) is 3.63. The van der Waals surface area contributed by atoms with E-state index < -0.39 is 0 Å². The quantitative estimate of drug-likeness (QED) is 0.735. The van der Waals surface area contributed by atoms with Gasteiger partial charge in [0, 0.05) is 4.88 Å². The molecule has 0 spiro atoms. The highest BCUT2D eigenvalue weighted by atomic mass is 32.1. The maximum atomic E-state index is 3.46. The van der Waals surface area contributed by atoms with Gasteiger partial charge in [-0.3, -0.25) is 0 Å². The molecule has 0 saturated carbocycles. The van der Waals surface area contributed by atoms with Crippen LogP contribution in [-0.4, -0.2) is 7.05 Å². The van der Waals surface area contributed by atoms with Crippen molar-refractivity contribution in [2.45, 2.75) is 13.0 Å². The molecule has 1 N–H and O–H groups in total. The lowest BCUT2D eigenvalue weighted by Crippen LogP contribution is -2.18. The molecule has 0 radical (unpaired) electrons. The van der Waals surface area contributed by atoms with Gasteiger partial charge >= 0.3 is 0 Å². The van der Waals surface area contributed by atoms with Gasteiger partial charge in [-0.25, -0.2) is 0 Å². The largest absolute Gasteiger partial charge is 0.309 e. The second-order valence-corrected chi connectivity index (χ2v) is 5.84. The minimum atomic E-state index is 0.261. The number of hydrogen-bond acceptors (Lipinski definition) is 2. The molecule has 0 bridgehead atoms. The Kier molecular flexibility index (Phi) is 3.36. The van der Waals surface area contributed by atoms with E-state index in [1.54, 1.807) is 0 Å². The molecular formula is C17H17NS. The Morgan fingerprint density at radius 1 is 0.947 bits per heavy atom. The van der Waals surface area contributed by atoms with Crippen molar-refractivity contribution in [1.82, 2.24) is 5.32 Å². The Morgan fingerprint density at radius 2 is 1.74 bits per heavy atom. The average Bonchev–Trinajstić information content (AvgIpc) is 2.86. The molecule has 0 saturated heterocycles. The molecule has 1 nitrogen and oxygen atoms in total. The maximum Gasteiger partial charge on any atom is 0.0591 e. The van der Waals surface area contributed by atoms with Crippen LogP contribution < -0.4 is 5.32 Å². The average molecular weight is 267 g/mol. The van der Waals surface area contributed by atoms with E-state index in [2.05, 4.69) is 66.2 Å². The normalized spacial score (nSPS) is 12.7. The Hall–Kier alpha value is -1.64. The van der Waals surface area contributed by atoms with Crippen LogP contribution in [0.4, 0.5) is 0 Å². The summed E-state index contributed by atoms with van der Waals surface area (Å²) in [7, 11) is 2.03. The van der Waals surface area contributed by atoms with Crippen molar-refractivity contribution < 1.29 is 0 Å². The number of rotatable bonds is 3. The molecule has 0 aliphatic carbocycles. The van der Waals surface area contributed by atoms with Gasteiger partial charge in [0.2, 0.25) is 0 Å². The Labute approximate surface area is 117 Å². The van der Waals surface area contributed by atoms with Crippen molar-refractivity contribution in [3.63, 3.8) is 0 Å². The lowest BCUT2D eigenvalue weighted by molar-refractivity contribution is 0.696. The molecule has 0 aliphatic heterocycles. The molecule has 0 fully saturated rings. The summed E-state index contributed by atoms with van der Waals surface area (Å²) in [6, 6.07) is 17.6. The molecule has 2 heteroatoms. The van der Waals surface area contributed by atoms with Crippen LogP contribution in [0.1, 0.15) is 22.0 Å². The summed E-state index contributed by atoms with van der Waals surface area (Å²) in [6.07, 6.45) is 0. The van der Waals surface area contributed by atoms with Gasteiger partial charge in [0.1, 0.15) is 0 Å². The number of benzene rings is 2. The SMILES string of the molecule is CNC(c1ccsc1C)c1cccc2ccccc12. The molecule has 1 atom stereocenters. The fraction of sp³-hybridized carbons (Fsp3) is 0.176. The third-order valence-corrected chi connectivity index (χ3v) is 4.49. The van der Waals surface area contributed by atoms with E-state index >= 15 is 0 Å². The van der Waals surface area contributed by atoms with E-state index in [0.29, 0.717) is 0 Å². The monoisotopic (exact) mass is 267 g/mol. The molecule has 0 aliphatic rings. The van der Waals surface area contributed by atoms with E-state index in [-0.39, 0.29) is 6.04 Å². The lowest BCUT2D eigenvalue weighted by Gasteiger charge is -2.19. The molecule has 1 heterocycles. The van der Waals surface area contributed by atoms with Crippen LogP contribution in [0.25, 0.3) is 10.8 Å². The standard InChI is InChI=1S/C17H17NS/c1-12-14(10-11-19-12)17(18-2)16-9-5-7-13-6-3-4-8-15(13)16/h3-11,17-18H,1-2H3. The van der Waals surface area contributed by atoms with E-state index in [9.17, 15) is 0 Å². The van der Waals surface area contributed by atoms with Crippen LogP contribution in [0.2, 0.25) is 0 Å². The fourth-order valence-electron chi connectivity index (χ4n) is 2.67. The first-order valence-electron chi connectivity index (χ1n) is 6.50. The highest BCUT2D eigenvalue weighted by molar-refractivity contribution is 7.10. The van der Waals surface area contributed by atoms with Crippen molar-refractivity contribution >= 4 is 22.1 Å². The molecule has 2 aromatic carbocycles. The van der Waals surface area contributed by atoms with E-state index in [4.69, 9.17) is 0 Å². The molecule has 96 valence electrons. The van der Waals surface area contributed by atoms with E-state index in [1.165, 1.54) is 26.8 Å². The van der Waals surface area contributed by atoms with Crippen LogP contribution in [0.15, 0.2) is 53.9 Å². The van der Waals surface area contributed by atoms with Crippen LogP contribution >= 0.6 is 11.3 Å². The fourth-order valence-corrected chi connectivity index (χ4v) is 3.42. The van der Waals surface area contributed by atoms with E-state index in [0.717, 1.165) is 0 Å². The maximum absolute atomic E-state index is 3.46. The topological polar surface area (TPSA) is 12.0 Å². The summed E-state index contributed by atoms with van der Waals surface area (Å²) >= 11 is 1.81. The Balaban J connectivity index is 2.20. The van der Waals surface area contributed by atoms with Gasteiger partial charge in [0.05, 0.1) is 6.04 Å². The van der Waals surface area contributed by atoms with Crippen molar-refractivity contribution in [3.8, 4) is 0 Å². The number of nitrogens with one attached hydrogen (secondary N) is 1. The first-order valence-corrected chi connectivity index (χ1v) is 7.38. The van der Waals surface area contributed by atoms with Crippen LogP contribution in [0.3, 0.4) is 0 Å². The van der Waals surface area contributed by atoms with Gasteiger partial charge < -0.3 is 5.32 Å². The number of aryl methyl sites for hydroxylation is 1. The second-order valence-electron chi connectivity index (χ2n) is 4.72. The van der Waals surface area contributed by atoms with Gasteiger partial charge in [-0.05, 0) is 47.3 Å². The minimum Gasteiger partial charge on any atom is -0.309 e. The number of fused-ring (bicyclic) bond motifs is 1. The molecule has 1 aromatic heterocycles. The predicted octanol–water partition coefficient (Wildman–Crippen LogP) is 4.52. The first-order chi connectivity index (χ1) is 9.31. The number of thiophene rings is 1. The summed E-state index contributed by atoms with van der Waals surface area (Å²) in [4.78, 5) is 1.38. The molecular weight excluding hydrogens is 250 g/mol. The van der Waals surface area contributed by atoms with Crippen molar-refractivity contribution in [2.75, 3.05) is 7.05 Å². The highest BCUT2D eigenvalue weighted by Gasteiger charge is 2.16. The Bertz CT molecular complexity index is 694. The summed E-state index contributed by atoms with van der Waals surface area (Å²) in [6.45, 7) is 2.19. The van der Waals surface area contributed by atoms with Crippen LogP contribution in [-0.2, 0) is 0 Å². The van der Waals surface area contributed by atoms with Gasteiger partial charge in [-0.15, -0.1) is 11.3 Å². The summed E-state index contributed by atoms with van der Waals surface area (Å²) < 4.78 is 0. The molecule has 3 aromatic rings. The number of hydrogen-bond donors (Lipinski definition) is 1. The minimum absolute atomic E-state index is 0.261. The van der Waals surface area contributed by atoms with Gasteiger partial charge in [0.25, 0.3) is 0 Å². The highest BCUT2D eigenvalue weighted by Crippen LogP contribution is 2.32. The predicted molar refractivity (Wildman–Crippen MR) is 83.9 cm³/mol. The van der Waals surface area contributed by atoms with Gasteiger partial charge in [-0.1, -0.05) is 42.5 Å². The van der Waals surface area contributed by atoms with E-state index in [1.807, 2.05) is 18.4 Å². The third kappa shape index (κ3) is 2.18. The van der Waals surface area contributed by atoms with Crippen LogP contribution in [0.5, 0.6) is 0 Å². The van der Waals surface area contributed by atoms with Crippen molar-refractivity contribution in [1.29, 1.82) is 0 Å². The zero-order valence-electron chi connectivity index (χ0n) is 11.2. The first kappa shape index (κ1) is 12.4. The van der Waals surface area contributed by atoms with Crippen LogP contribution in [0, 0.1) is 6.92 Å². The van der Waals surface area contributed by atoms with Gasteiger partial charge in [0.15, 0.2) is 0 Å². The van der Waals surface area contributed by atoms with Crippen molar-refractivity contribution in [2.24, 2.45) is 0 Å². The molecule has 19 heavy (non-hydrogen) atoms. The van der Waals surface area contributed by atoms with Crippen molar-refractivity contribution in [3.05, 3.63) is 69.9 Å². The summed E-state index contributed by atoms with van der Waals surface area (Å²) in [5, 5.41) is 8.26.